The fourth-order valence-corrected chi connectivity index (χ4v) is 2.06. The van der Waals surface area contributed by atoms with Crippen molar-refractivity contribution in [2.45, 2.75) is 25.2 Å². The molecule has 0 saturated heterocycles. The number of thioether (sulfide) groups is 1. The van der Waals surface area contributed by atoms with Crippen LogP contribution < -0.4 is 0 Å². The Morgan fingerprint density at radius 3 is 2.53 bits per heavy atom. The van der Waals surface area contributed by atoms with Crippen LogP contribution >= 0.6 is 11.8 Å². The van der Waals surface area contributed by atoms with Gasteiger partial charge >= 0.3 is 5.97 Å². The molecule has 0 aliphatic heterocycles. The lowest BCUT2D eigenvalue weighted by molar-refractivity contribution is -0.146. The van der Waals surface area contributed by atoms with Crippen LogP contribution in [0.3, 0.4) is 0 Å². The normalized spacial score (nSPS) is 11.5. The van der Waals surface area contributed by atoms with E-state index in [0.717, 1.165) is 11.8 Å². The molecular formula is C12H15FO3S. The minimum absolute atomic E-state index is 0.0853. The van der Waals surface area contributed by atoms with Crippen LogP contribution in [0, 0.1) is 11.2 Å². The van der Waals surface area contributed by atoms with Crippen molar-refractivity contribution >= 4 is 17.7 Å². The molecule has 0 amide bonds. The second-order valence-electron chi connectivity index (χ2n) is 4.46. The minimum Gasteiger partial charge on any atom is -0.507 e. The van der Waals surface area contributed by atoms with E-state index in [4.69, 9.17) is 5.11 Å². The summed E-state index contributed by atoms with van der Waals surface area (Å²) in [7, 11) is 0. The Balaban J connectivity index is 3.13. The molecule has 2 N–H and O–H groups in total. The SMILES string of the molecule is CSc1c(O)ccc(CC(C)(C)C(=O)O)c1F. The molecule has 0 saturated carbocycles. The predicted molar refractivity (Wildman–Crippen MR) is 65.0 cm³/mol. The summed E-state index contributed by atoms with van der Waals surface area (Å²) in [6.45, 7) is 3.08. The van der Waals surface area contributed by atoms with E-state index in [1.165, 1.54) is 12.1 Å². The van der Waals surface area contributed by atoms with E-state index in [0.29, 0.717) is 5.56 Å². The standard InChI is InChI=1S/C12H15FO3S/c1-12(2,11(15)16)6-7-4-5-8(14)10(17-3)9(7)13/h4-5,14H,6H2,1-3H3,(H,15,16). The molecule has 1 aromatic rings. The highest BCUT2D eigenvalue weighted by Crippen LogP contribution is 2.33. The smallest absolute Gasteiger partial charge is 0.309 e. The summed E-state index contributed by atoms with van der Waals surface area (Å²) >= 11 is 1.10. The summed E-state index contributed by atoms with van der Waals surface area (Å²) in [4.78, 5) is 11.1. The monoisotopic (exact) mass is 258 g/mol. The summed E-state index contributed by atoms with van der Waals surface area (Å²) in [5.74, 6) is -1.63. The van der Waals surface area contributed by atoms with Crippen molar-refractivity contribution in [1.82, 2.24) is 0 Å². The highest BCUT2D eigenvalue weighted by Gasteiger charge is 2.29. The molecule has 0 aliphatic rings. The number of benzene rings is 1. The lowest BCUT2D eigenvalue weighted by atomic mass is 9.86. The zero-order valence-corrected chi connectivity index (χ0v) is 10.8. The van der Waals surface area contributed by atoms with E-state index in [9.17, 15) is 14.3 Å². The van der Waals surface area contributed by atoms with Crippen LogP contribution in [0.25, 0.3) is 0 Å². The number of carboxylic acids is 1. The molecule has 3 nitrogen and oxygen atoms in total. The van der Waals surface area contributed by atoms with Gasteiger partial charge in [-0.05, 0) is 38.2 Å². The van der Waals surface area contributed by atoms with Crippen LogP contribution in [0.1, 0.15) is 19.4 Å². The van der Waals surface area contributed by atoms with Gasteiger partial charge in [-0.3, -0.25) is 4.79 Å². The van der Waals surface area contributed by atoms with E-state index in [2.05, 4.69) is 0 Å². The molecule has 5 heteroatoms. The second kappa shape index (κ2) is 4.96. The quantitative estimate of drug-likeness (QED) is 0.815. The average molecular weight is 258 g/mol. The molecule has 0 aromatic heterocycles. The van der Waals surface area contributed by atoms with Crippen molar-refractivity contribution in [2.75, 3.05) is 6.26 Å². The molecule has 0 bridgehead atoms. The topological polar surface area (TPSA) is 57.5 Å². The van der Waals surface area contributed by atoms with Gasteiger partial charge in [-0.1, -0.05) is 6.07 Å². The molecule has 1 rings (SSSR count). The molecule has 1 aromatic carbocycles. The van der Waals surface area contributed by atoms with E-state index >= 15 is 0 Å². The predicted octanol–water partition coefficient (Wildman–Crippen LogP) is 2.91. The van der Waals surface area contributed by atoms with Crippen molar-refractivity contribution in [1.29, 1.82) is 0 Å². The Bertz CT molecular complexity index is 444. The highest BCUT2D eigenvalue weighted by molar-refractivity contribution is 7.98. The van der Waals surface area contributed by atoms with Gasteiger partial charge in [0, 0.05) is 0 Å². The Morgan fingerprint density at radius 1 is 1.47 bits per heavy atom. The summed E-state index contributed by atoms with van der Waals surface area (Å²) in [6.07, 6.45) is 1.74. The second-order valence-corrected chi connectivity index (χ2v) is 5.27. The third kappa shape index (κ3) is 2.91. The van der Waals surface area contributed by atoms with Crippen LogP contribution in [0.15, 0.2) is 17.0 Å². The molecule has 17 heavy (non-hydrogen) atoms. The molecular weight excluding hydrogens is 243 g/mol. The lowest BCUT2D eigenvalue weighted by Gasteiger charge is -2.20. The average Bonchev–Trinajstić information content (AvgIpc) is 2.23. The number of hydrogen-bond donors (Lipinski definition) is 2. The number of hydrogen-bond acceptors (Lipinski definition) is 3. The maximum atomic E-state index is 14.0. The number of halogens is 1. The Labute approximate surface area is 104 Å². The van der Waals surface area contributed by atoms with Gasteiger partial charge in [-0.2, -0.15) is 0 Å². The number of phenolic OH excluding ortho intramolecular Hbond substituents is 1. The van der Waals surface area contributed by atoms with Gasteiger partial charge in [-0.25, -0.2) is 4.39 Å². The number of rotatable bonds is 4. The van der Waals surface area contributed by atoms with Gasteiger partial charge in [0.1, 0.15) is 11.6 Å². The first-order valence-electron chi connectivity index (χ1n) is 5.07. The molecule has 0 heterocycles. The van der Waals surface area contributed by atoms with Crippen LogP contribution in [0.2, 0.25) is 0 Å². The van der Waals surface area contributed by atoms with Gasteiger partial charge < -0.3 is 10.2 Å². The van der Waals surface area contributed by atoms with Crippen molar-refractivity contribution in [3.05, 3.63) is 23.5 Å². The van der Waals surface area contributed by atoms with Crippen molar-refractivity contribution in [3.8, 4) is 5.75 Å². The first kappa shape index (κ1) is 13.8. The summed E-state index contributed by atoms with van der Waals surface area (Å²) in [6, 6.07) is 2.82. The number of carboxylic acid groups (broad SMARTS) is 1. The van der Waals surface area contributed by atoms with E-state index in [1.807, 2.05) is 0 Å². The van der Waals surface area contributed by atoms with E-state index in [-0.39, 0.29) is 17.1 Å². The van der Waals surface area contributed by atoms with Gasteiger partial charge in [0.15, 0.2) is 0 Å². The number of phenols is 1. The fourth-order valence-electron chi connectivity index (χ4n) is 1.47. The Kier molecular flexibility index (Phi) is 4.03. The highest BCUT2D eigenvalue weighted by atomic mass is 32.2. The summed E-state index contributed by atoms with van der Waals surface area (Å²) < 4.78 is 14.0. The number of aromatic hydroxyl groups is 1. The van der Waals surface area contributed by atoms with E-state index < -0.39 is 17.2 Å². The van der Waals surface area contributed by atoms with Gasteiger partial charge in [0.25, 0.3) is 0 Å². The third-order valence-corrected chi connectivity index (χ3v) is 3.37. The zero-order valence-electron chi connectivity index (χ0n) is 9.95. The van der Waals surface area contributed by atoms with E-state index in [1.54, 1.807) is 20.1 Å². The molecule has 0 atom stereocenters. The number of aliphatic carboxylic acids is 1. The minimum atomic E-state index is -1.03. The molecule has 0 radical (unpaired) electrons. The van der Waals surface area contributed by atoms with Crippen molar-refractivity contribution in [3.63, 3.8) is 0 Å². The molecule has 0 spiro atoms. The van der Waals surface area contributed by atoms with Crippen LogP contribution in [-0.4, -0.2) is 22.4 Å². The molecule has 0 aliphatic carbocycles. The summed E-state index contributed by atoms with van der Waals surface area (Å²) in [5.41, 5.74) is -0.729. The van der Waals surface area contributed by atoms with Crippen LogP contribution in [0.4, 0.5) is 4.39 Å². The first-order chi connectivity index (χ1) is 7.79. The molecule has 0 unspecified atom stereocenters. The Morgan fingerprint density at radius 2 is 2.06 bits per heavy atom. The maximum absolute atomic E-state index is 14.0. The largest absolute Gasteiger partial charge is 0.507 e. The third-order valence-electron chi connectivity index (χ3n) is 2.57. The van der Waals surface area contributed by atoms with Gasteiger partial charge in [-0.15, -0.1) is 11.8 Å². The van der Waals surface area contributed by atoms with Crippen LogP contribution in [0.5, 0.6) is 5.75 Å². The lowest BCUT2D eigenvalue weighted by Crippen LogP contribution is -2.26. The maximum Gasteiger partial charge on any atom is 0.309 e. The van der Waals surface area contributed by atoms with Crippen LogP contribution in [-0.2, 0) is 11.2 Å². The van der Waals surface area contributed by atoms with Gasteiger partial charge in [0.05, 0.1) is 10.3 Å². The molecule has 0 fully saturated rings. The van der Waals surface area contributed by atoms with Crippen molar-refractivity contribution < 1.29 is 19.4 Å². The first-order valence-corrected chi connectivity index (χ1v) is 6.30. The van der Waals surface area contributed by atoms with Gasteiger partial charge in [0.2, 0.25) is 0 Å². The Hall–Kier alpha value is -1.23. The fraction of sp³-hybridized carbons (Fsp3) is 0.417. The number of carbonyl (C=O) groups is 1. The van der Waals surface area contributed by atoms with Crippen molar-refractivity contribution in [2.24, 2.45) is 5.41 Å². The molecule has 94 valence electrons. The zero-order chi connectivity index (χ0) is 13.2. The summed E-state index contributed by atoms with van der Waals surface area (Å²) in [5, 5.41) is 18.4.